The van der Waals surface area contributed by atoms with Crippen LogP contribution in [0.3, 0.4) is 0 Å². The number of likely N-dealkylation sites (tertiary alicyclic amines) is 1. The van der Waals surface area contributed by atoms with Crippen LogP contribution in [0.15, 0.2) is 0 Å². The standard InChI is InChI=1S/C16H25NO2/c18-15(19)14-1-2-17(9-14)10-16-6-11-3-12(7-16)5-13(4-11)8-16/h11-14H,1-10H2,(H,18,19). The van der Waals surface area contributed by atoms with Gasteiger partial charge in [-0.05, 0) is 74.7 Å². The van der Waals surface area contributed by atoms with Gasteiger partial charge < -0.3 is 10.0 Å². The highest BCUT2D eigenvalue weighted by molar-refractivity contribution is 5.70. The molecule has 0 radical (unpaired) electrons. The van der Waals surface area contributed by atoms with Crippen LogP contribution in [0.5, 0.6) is 0 Å². The van der Waals surface area contributed by atoms with E-state index in [1.807, 2.05) is 0 Å². The molecule has 5 fully saturated rings. The SMILES string of the molecule is O=C(O)C1CCN(CC23CC4CC(CC(C4)C2)C3)C1. The molecule has 0 aromatic heterocycles. The van der Waals surface area contributed by atoms with E-state index in [0.717, 1.165) is 37.3 Å². The predicted octanol–water partition coefficient (Wildman–Crippen LogP) is 2.61. The van der Waals surface area contributed by atoms with Crippen LogP contribution < -0.4 is 0 Å². The van der Waals surface area contributed by atoms with Crippen molar-refractivity contribution in [1.82, 2.24) is 4.90 Å². The Balaban J connectivity index is 1.44. The molecule has 3 nitrogen and oxygen atoms in total. The van der Waals surface area contributed by atoms with E-state index in [0.29, 0.717) is 5.41 Å². The fourth-order valence-electron chi connectivity index (χ4n) is 6.14. The lowest BCUT2D eigenvalue weighted by atomic mass is 9.49. The second-order valence-electron chi connectivity index (χ2n) is 7.98. The van der Waals surface area contributed by atoms with Crippen LogP contribution in [0, 0.1) is 29.1 Å². The summed E-state index contributed by atoms with van der Waals surface area (Å²) in [6.45, 7) is 3.01. The van der Waals surface area contributed by atoms with E-state index >= 15 is 0 Å². The first kappa shape index (κ1) is 12.2. The second kappa shape index (κ2) is 4.21. The molecule has 1 saturated heterocycles. The monoisotopic (exact) mass is 263 g/mol. The third-order valence-corrected chi connectivity index (χ3v) is 6.35. The van der Waals surface area contributed by atoms with E-state index in [4.69, 9.17) is 5.11 Å². The summed E-state index contributed by atoms with van der Waals surface area (Å²) in [5, 5.41) is 9.13. The van der Waals surface area contributed by atoms with E-state index in [1.165, 1.54) is 45.1 Å². The highest BCUT2D eigenvalue weighted by Gasteiger charge is 2.51. The molecule has 4 bridgehead atoms. The summed E-state index contributed by atoms with van der Waals surface area (Å²) >= 11 is 0. The molecule has 3 heteroatoms. The lowest BCUT2D eigenvalue weighted by Gasteiger charge is -2.57. The summed E-state index contributed by atoms with van der Waals surface area (Å²) in [7, 11) is 0. The van der Waals surface area contributed by atoms with Gasteiger partial charge in [-0.2, -0.15) is 0 Å². The lowest BCUT2D eigenvalue weighted by molar-refractivity contribution is -0.141. The average Bonchev–Trinajstić information content (AvgIpc) is 2.74. The van der Waals surface area contributed by atoms with Crippen molar-refractivity contribution in [3.63, 3.8) is 0 Å². The molecule has 1 aliphatic heterocycles. The number of hydrogen-bond donors (Lipinski definition) is 1. The van der Waals surface area contributed by atoms with Gasteiger partial charge in [0.2, 0.25) is 0 Å². The maximum absolute atomic E-state index is 11.1. The van der Waals surface area contributed by atoms with E-state index in [9.17, 15) is 4.79 Å². The minimum absolute atomic E-state index is 0.103. The van der Waals surface area contributed by atoms with Crippen LogP contribution in [0.1, 0.15) is 44.9 Å². The van der Waals surface area contributed by atoms with Crippen molar-refractivity contribution < 1.29 is 9.90 Å². The molecule has 0 aromatic carbocycles. The molecule has 0 amide bonds. The van der Waals surface area contributed by atoms with Gasteiger partial charge in [0.25, 0.3) is 0 Å². The van der Waals surface area contributed by atoms with Crippen LogP contribution >= 0.6 is 0 Å². The Kier molecular flexibility index (Phi) is 2.70. The van der Waals surface area contributed by atoms with Gasteiger partial charge in [0.15, 0.2) is 0 Å². The zero-order valence-corrected chi connectivity index (χ0v) is 11.7. The zero-order chi connectivity index (χ0) is 13.0. The van der Waals surface area contributed by atoms with Crippen molar-refractivity contribution >= 4 is 5.97 Å². The number of nitrogens with zero attached hydrogens (tertiary/aromatic N) is 1. The smallest absolute Gasteiger partial charge is 0.307 e. The van der Waals surface area contributed by atoms with Gasteiger partial charge in [-0.25, -0.2) is 0 Å². The molecule has 0 aromatic rings. The van der Waals surface area contributed by atoms with Gasteiger partial charge in [-0.3, -0.25) is 4.79 Å². The van der Waals surface area contributed by atoms with Gasteiger partial charge in [0.1, 0.15) is 0 Å². The lowest BCUT2D eigenvalue weighted by Crippen LogP contribution is -2.51. The van der Waals surface area contributed by atoms with Crippen molar-refractivity contribution in [1.29, 1.82) is 0 Å². The maximum Gasteiger partial charge on any atom is 0.307 e. The molecule has 5 aliphatic rings. The van der Waals surface area contributed by atoms with Crippen LogP contribution in [0.2, 0.25) is 0 Å². The molecule has 1 N–H and O–H groups in total. The van der Waals surface area contributed by atoms with Gasteiger partial charge in [0.05, 0.1) is 5.92 Å². The Morgan fingerprint density at radius 2 is 1.68 bits per heavy atom. The third-order valence-electron chi connectivity index (χ3n) is 6.35. The Morgan fingerprint density at radius 1 is 1.11 bits per heavy atom. The average molecular weight is 263 g/mol. The third kappa shape index (κ3) is 2.10. The number of carbonyl (C=O) groups is 1. The molecule has 106 valence electrons. The van der Waals surface area contributed by atoms with Crippen LogP contribution in [0.25, 0.3) is 0 Å². The topological polar surface area (TPSA) is 40.5 Å². The number of aliphatic carboxylic acids is 1. The molecule has 4 aliphatic carbocycles. The largest absolute Gasteiger partial charge is 0.481 e. The Labute approximate surface area is 115 Å². The van der Waals surface area contributed by atoms with Gasteiger partial charge in [-0.15, -0.1) is 0 Å². The van der Waals surface area contributed by atoms with E-state index in [-0.39, 0.29) is 5.92 Å². The quantitative estimate of drug-likeness (QED) is 0.851. The van der Waals surface area contributed by atoms with Crippen molar-refractivity contribution in [2.45, 2.75) is 44.9 Å². The Bertz CT molecular complexity index is 357. The summed E-state index contributed by atoms with van der Waals surface area (Å²) in [6, 6.07) is 0. The van der Waals surface area contributed by atoms with Crippen LogP contribution in [0.4, 0.5) is 0 Å². The summed E-state index contributed by atoms with van der Waals surface area (Å²) in [5.74, 6) is 2.32. The highest BCUT2D eigenvalue weighted by atomic mass is 16.4. The molecular weight excluding hydrogens is 238 g/mol. The van der Waals surface area contributed by atoms with Gasteiger partial charge >= 0.3 is 5.97 Å². The summed E-state index contributed by atoms with van der Waals surface area (Å²) in [6.07, 6.45) is 9.67. The van der Waals surface area contributed by atoms with Gasteiger partial charge in [0, 0.05) is 13.1 Å². The van der Waals surface area contributed by atoms with Gasteiger partial charge in [-0.1, -0.05) is 0 Å². The normalized spacial score (nSPS) is 48.8. The molecule has 0 spiro atoms. The first-order valence-electron chi connectivity index (χ1n) is 8.07. The highest BCUT2D eigenvalue weighted by Crippen LogP contribution is 2.60. The predicted molar refractivity (Wildman–Crippen MR) is 72.8 cm³/mol. The zero-order valence-electron chi connectivity index (χ0n) is 11.7. The maximum atomic E-state index is 11.1. The Hall–Kier alpha value is -0.570. The fraction of sp³-hybridized carbons (Fsp3) is 0.938. The summed E-state index contributed by atoms with van der Waals surface area (Å²) in [5.41, 5.74) is 0.572. The molecule has 4 saturated carbocycles. The summed E-state index contributed by atoms with van der Waals surface area (Å²) in [4.78, 5) is 13.5. The molecule has 1 heterocycles. The summed E-state index contributed by atoms with van der Waals surface area (Å²) < 4.78 is 0. The first-order chi connectivity index (χ1) is 9.12. The van der Waals surface area contributed by atoms with Crippen molar-refractivity contribution in [3.05, 3.63) is 0 Å². The van der Waals surface area contributed by atoms with Crippen molar-refractivity contribution in [3.8, 4) is 0 Å². The number of rotatable bonds is 3. The number of hydrogen-bond acceptors (Lipinski definition) is 2. The second-order valence-corrected chi connectivity index (χ2v) is 7.98. The van der Waals surface area contributed by atoms with E-state index in [2.05, 4.69) is 4.90 Å². The minimum Gasteiger partial charge on any atom is -0.481 e. The Morgan fingerprint density at radius 3 is 2.16 bits per heavy atom. The molecule has 1 unspecified atom stereocenters. The minimum atomic E-state index is -0.590. The fourth-order valence-corrected chi connectivity index (χ4v) is 6.14. The van der Waals surface area contributed by atoms with Crippen LogP contribution in [-0.4, -0.2) is 35.6 Å². The van der Waals surface area contributed by atoms with E-state index in [1.54, 1.807) is 0 Å². The molecule has 1 atom stereocenters. The van der Waals surface area contributed by atoms with E-state index < -0.39 is 5.97 Å². The molecular formula is C16H25NO2. The van der Waals surface area contributed by atoms with Crippen molar-refractivity contribution in [2.24, 2.45) is 29.1 Å². The first-order valence-corrected chi connectivity index (χ1v) is 8.07. The number of carboxylic acids is 1. The molecule has 5 rings (SSSR count). The van der Waals surface area contributed by atoms with Crippen LogP contribution in [-0.2, 0) is 4.79 Å². The molecule has 19 heavy (non-hydrogen) atoms. The van der Waals surface area contributed by atoms with Crippen molar-refractivity contribution in [2.75, 3.05) is 19.6 Å². The number of carboxylic acid groups (broad SMARTS) is 1.